The van der Waals surface area contributed by atoms with Crippen molar-refractivity contribution in [2.24, 2.45) is 0 Å². The SMILES string of the molecule is Cc1nc(NC(=O)C2Cc3ccccc3CN2)sc1C. The zero-order valence-electron chi connectivity index (χ0n) is 11.6. The molecule has 4 nitrogen and oxygen atoms in total. The van der Waals surface area contributed by atoms with E-state index in [0.717, 1.165) is 23.5 Å². The summed E-state index contributed by atoms with van der Waals surface area (Å²) in [6, 6.07) is 8.06. The monoisotopic (exact) mass is 287 g/mol. The Morgan fingerprint density at radius 3 is 2.80 bits per heavy atom. The van der Waals surface area contributed by atoms with E-state index in [1.165, 1.54) is 22.5 Å². The number of hydrogen-bond acceptors (Lipinski definition) is 4. The summed E-state index contributed by atoms with van der Waals surface area (Å²) < 4.78 is 0. The van der Waals surface area contributed by atoms with E-state index >= 15 is 0 Å². The zero-order valence-corrected chi connectivity index (χ0v) is 12.4. The number of carbonyl (C=O) groups excluding carboxylic acids is 1. The second-order valence-corrected chi connectivity index (χ2v) is 6.26. The summed E-state index contributed by atoms with van der Waals surface area (Å²) in [5, 5.41) is 6.88. The van der Waals surface area contributed by atoms with Gasteiger partial charge in [-0.25, -0.2) is 4.98 Å². The Kier molecular flexibility index (Phi) is 3.54. The number of carbonyl (C=O) groups is 1. The second-order valence-electron chi connectivity index (χ2n) is 5.06. The Balaban J connectivity index is 1.70. The molecule has 0 spiro atoms. The molecule has 0 radical (unpaired) electrons. The third-order valence-corrected chi connectivity index (χ3v) is 4.64. The van der Waals surface area contributed by atoms with Gasteiger partial charge >= 0.3 is 0 Å². The van der Waals surface area contributed by atoms with Crippen molar-refractivity contribution in [2.45, 2.75) is 32.9 Å². The molecule has 0 aliphatic carbocycles. The first kappa shape index (κ1) is 13.3. The van der Waals surface area contributed by atoms with Crippen LogP contribution < -0.4 is 10.6 Å². The lowest BCUT2D eigenvalue weighted by molar-refractivity contribution is -0.118. The van der Waals surface area contributed by atoms with Crippen LogP contribution in [-0.2, 0) is 17.8 Å². The molecule has 20 heavy (non-hydrogen) atoms. The van der Waals surface area contributed by atoms with E-state index in [1.807, 2.05) is 26.0 Å². The van der Waals surface area contributed by atoms with Gasteiger partial charge in [0, 0.05) is 11.4 Å². The van der Waals surface area contributed by atoms with Crippen molar-refractivity contribution in [3.8, 4) is 0 Å². The lowest BCUT2D eigenvalue weighted by atomic mass is 9.95. The molecule has 1 atom stereocenters. The van der Waals surface area contributed by atoms with Crippen molar-refractivity contribution in [1.29, 1.82) is 0 Å². The van der Waals surface area contributed by atoms with Crippen molar-refractivity contribution >= 4 is 22.4 Å². The van der Waals surface area contributed by atoms with E-state index in [1.54, 1.807) is 0 Å². The number of thiazole rings is 1. The number of amides is 1. The minimum absolute atomic E-state index is 0.00625. The first-order valence-electron chi connectivity index (χ1n) is 6.68. The molecule has 2 heterocycles. The van der Waals surface area contributed by atoms with Gasteiger partial charge in [-0.1, -0.05) is 24.3 Å². The van der Waals surface area contributed by atoms with Crippen molar-refractivity contribution in [1.82, 2.24) is 10.3 Å². The van der Waals surface area contributed by atoms with Gasteiger partial charge in [-0.2, -0.15) is 0 Å². The molecule has 1 aliphatic rings. The molecule has 1 aliphatic heterocycles. The van der Waals surface area contributed by atoms with E-state index < -0.39 is 0 Å². The van der Waals surface area contributed by atoms with Crippen LogP contribution in [0.2, 0.25) is 0 Å². The first-order valence-corrected chi connectivity index (χ1v) is 7.50. The summed E-state index contributed by atoms with van der Waals surface area (Å²) in [5.74, 6) is -0.00625. The topological polar surface area (TPSA) is 54.0 Å². The van der Waals surface area contributed by atoms with Crippen LogP contribution in [0.1, 0.15) is 21.7 Å². The second kappa shape index (κ2) is 5.34. The summed E-state index contributed by atoms with van der Waals surface area (Å²) in [5.41, 5.74) is 3.50. The zero-order chi connectivity index (χ0) is 14.1. The van der Waals surface area contributed by atoms with E-state index in [4.69, 9.17) is 0 Å². The molecule has 1 aromatic heterocycles. The molecule has 0 fully saturated rings. The van der Waals surface area contributed by atoms with E-state index in [9.17, 15) is 4.79 Å². The average molecular weight is 287 g/mol. The van der Waals surface area contributed by atoms with Crippen LogP contribution in [-0.4, -0.2) is 16.9 Å². The third kappa shape index (κ3) is 2.59. The lowest BCUT2D eigenvalue weighted by Gasteiger charge is -2.24. The maximum atomic E-state index is 12.3. The summed E-state index contributed by atoms with van der Waals surface area (Å²) >= 11 is 1.52. The standard InChI is InChI=1S/C15H17N3OS/c1-9-10(2)20-15(17-9)18-14(19)13-7-11-5-3-4-6-12(11)8-16-13/h3-6,13,16H,7-8H2,1-2H3,(H,17,18,19). The molecule has 0 saturated heterocycles. The van der Waals surface area contributed by atoms with Gasteiger partial charge in [0.2, 0.25) is 5.91 Å². The summed E-state index contributed by atoms with van der Waals surface area (Å²) in [6.07, 6.45) is 0.728. The summed E-state index contributed by atoms with van der Waals surface area (Å²) in [6.45, 7) is 4.71. The number of rotatable bonds is 2. The highest BCUT2D eigenvalue weighted by Gasteiger charge is 2.24. The number of nitrogens with zero attached hydrogens (tertiary/aromatic N) is 1. The van der Waals surface area contributed by atoms with Crippen molar-refractivity contribution in [2.75, 3.05) is 5.32 Å². The number of nitrogens with one attached hydrogen (secondary N) is 2. The molecule has 5 heteroatoms. The molecule has 2 aromatic rings. The number of hydrogen-bond donors (Lipinski definition) is 2. The molecule has 1 aromatic carbocycles. The Labute approximate surface area is 122 Å². The minimum Gasteiger partial charge on any atom is -0.301 e. The predicted molar refractivity (Wildman–Crippen MR) is 81.0 cm³/mol. The predicted octanol–water partition coefficient (Wildman–Crippen LogP) is 2.41. The van der Waals surface area contributed by atoms with Crippen LogP contribution >= 0.6 is 11.3 Å². The minimum atomic E-state index is -0.186. The highest BCUT2D eigenvalue weighted by molar-refractivity contribution is 7.15. The summed E-state index contributed by atoms with van der Waals surface area (Å²) in [4.78, 5) is 17.8. The fourth-order valence-corrected chi connectivity index (χ4v) is 3.18. The average Bonchev–Trinajstić information content (AvgIpc) is 2.76. The maximum absolute atomic E-state index is 12.3. The van der Waals surface area contributed by atoms with Crippen LogP contribution in [0.5, 0.6) is 0 Å². The van der Waals surface area contributed by atoms with Gasteiger partial charge in [-0.3, -0.25) is 4.79 Å². The van der Waals surface area contributed by atoms with Crippen LogP contribution in [0.3, 0.4) is 0 Å². The van der Waals surface area contributed by atoms with Crippen LogP contribution in [0, 0.1) is 13.8 Å². The number of anilines is 1. The van der Waals surface area contributed by atoms with Crippen molar-refractivity contribution < 1.29 is 4.79 Å². The highest BCUT2D eigenvalue weighted by Crippen LogP contribution is 2.22. The Morgan fingerprint density at radius 1 is 1.35 bits per heavy atom. The molecule has 0 bridgehead atoms. The molecular weight excluding hydrogens is 270 g/mol. The Bertz CT molecular complexity index is 631. The van der Waals surface area contributed by atoms with Gasteiger partial charge in [-0.15, -0.1) is 11.3 Å². The Morgan fingerprint density at radius 2 is 2.10 bits per heavy atom. The lowest BCUT2D eigenvalue weighted by Crippen LogP contribution is -2.44. The van der Waals surface area contributed by atoms with Crippen LogP contribution in [0.25, 0.3) is 0 Å². The van der Waals surface area contributed by atoms with Gasteiger partial charge < -0.3 is 10.6 Å². The fourth-order valence-electron chi connectivity index (χ4n) is 2.36. The molecule has 3 rings (SSSR count). The van der Waals surface area contributed by atoms with E-state index in [-0.39, 0.29) is 11.9 Å². The highest BCUT2D eigenvalue weighted by atomic mass is 32.1. The smallest absolute Gasteiger partial charge is 0.243 e. The van der Waals surface area contributed by atoms with Gasteiger partial charge in [-0.05, 0) is 31.4 Å². The number of benzene rings is 1. The third-order valence-electron chi connectivity index (χ3n) is 3.66. The first-order chi connectivity index (χ1) is 9.63. The quantitative estimate of drug-likeness (QED) is 0.892. The molecule has 104 valence electrons. The largest absolute Gasteiger partial charge is 0.301 e. The molecular formula is C15H17N3OS. The fraction of sp³-hybridized carbons (Fsp3) is 0.333. The molecule has 2 N–H and O–H groups in total. The van der Waals surface area contributed by atoms with Crippen molar-refractivity contribution in [3.05, 3.63) is 46.0 Å². The van der Waals surface area contributed by atoms with E-state index in [2.05, 4.69) is 27.8 Å². The van der Waals surface area contributed by atoms with Gasteiger partial charge in [0.1, 0.15) is 0 Å². The summed E-state index contributed by atoms with van der Waals surface area (Å²) in [7, 11) is 0. The molecule has 1 amide bonds. The Hall–Kier alpha value is -1.72. The number of fused-ring (bicyclic) bond motifs is 1. The molecule has 0 saturated carbocycles. The van der Waals surface area contributed by atoms with Gasteiger partial charge in [0.05, 0.1) is 11.7 Å². The number of aryl methyl sites for hydroxylation is 2. The number of aromatic nitrogens is 1. The van der Waals surface area contributed by atoms with Crippen LogP contribution in [0.15, 0.2) is 24.3 Å². The van der Waals surface area contributed by atoms with Crippen molar-refractivity contribution in [3.63, 3.8) is 0 Å². The normalized spacial score (nSPS) is 17.6. The van der Waals surface area contributed by atoms with Gasteiger partial charge in [0.25, 0.3) is 0 Å². The van der Waals surface area contributed by atoms with Crippen LogP contribution in [0.4, 0.5) is 5.13 Å². The molecule has 1 unspecified atom stereocenters. The maximum Gasteiger partial charge on any atom is 0.243 e. The van der Waals surface area contributed by atoms with E-state index in [0.29, 0.717) is 5.13 Å². The van der Waals surface area contributed by atoms with Gasteiger partial charge in [0.15, 0.2) is 5.13 Å².